The van der Waals surface area contributed by atoms with E-state index in [9.17, 15) is 9.59 Å². The standard InChI is InChI=1S/C20H25N3O3/c1-4-12-26-18-11-6-5-10-17(18)20(25)22-16-9-7-8-15(13-16)21-19(24)14-23(2)3/h5-11,13H,4,12,14H2,1-3H3,(H,21,24)(H,22,25). The zero-order valence-electron chi connectivity index (χ0n) is 15.4. The number of carbonyl (C=O) groups excluding carboxylic acids is 2. The highest BCUT2D eigenvalue weighted by Crippen LogP contribution is 2.21. The number of nitrogens with one attached hydrogen (secondary N) is 2. The molecule has 0 saturated carbocycles. The smallest absolute Gasteiger partial charge is 0.259 e. The molecule has 2 amide bonds. The zero-order chi connectivity index (χ0) is 18.9. The van der Waals surface area contributed by atoms with Gasteiger partial charge in [-0.05, 0) is 50.8 Å². The third-order valence-electron chi connectivity index (χ3n) is 3.46. The van der Waals surface area contributed by atoms with Crippen LogP contribution in [0.5, 0.6) is 5.75 Å². The molecule has 26 heavy (non-hydrogen) atoms. The van der Waals surface area contributed by atoms with Crippen LogP contribution < -0.4 is 15.4 Å². The predicted molar refractivity (Wildman–Crippen MR) is 104 cm³/mol. The molecule has 0 aliphatic heterocycles. The summed E-state index contributed by atoms with van der Waals surface area (Å²) in [4.78, 5) is 26.2. The van der Waals surface area contributed by atoms with Crippen LogP contribution in [0.3, 0.4) is 0 Å². The van der Waals surface area contributed by atoms with E-state index in [1.54, 1.807) is 47.4 Å². The normalized spacial score (nSPS) is 10.5. The molecule has 0 radical (unpaired) electrons. The highest BCUT2D eigenvalue weighted by molar-refractivity contribution is 6.06. The van der Waals surface area contributed by atoms with E-state index in [1.165, 1.54) is 0 Å². The summed E-state index contributed by atoms with van der Waals surface area (Å²) >= 11 is 0. The first-order chi connectivity index (χ1) is 12.5. The van der Waals surface area contributed by atoms with Gasteiger partial charge in [0.25, 0.3) is 5.91 Å². The number of rotatable bonds is 8. The van der Waals surface area contributed by atoms with Crippen molar-refractivity contribution >= 4 is 23.2 Å². The Morgan fingerprint density at radius 2 is 1.69 bits per heavy atom. The molecule has 0 unspecified atom stereocenters. The SMILES string of the molecule is CCCOc1ccccc1C(=O)Nc1cccc(NC(=O)CN(C)C)c1. The number of ether oxygens (including phenoxy) is 1. The van der Waals surface area contributed by atoms with Crippen LogP contribution in [0.4, 0.5) is 11.4 Å². The minimum absolute atomic E-state index is 0.114. The van der Waals surface area contributed by atoms with E-state index in [1.807, 2.05) is 27.1 Å². The Labute approximate surface area is 154 Å². The summed E-state index contributed by atoms with van der Waals surface area (Å²) in [5, 5.41) is 5.66. The molecule has 0 atom stereocenters. The molecule has 2 aromatic rings. The quantitative estimate of drug-likeness (QED) is 0.763. The molecule has 2 N–H and O–H groups in total. The third-order valence-corrected chi connectivity index (χ3v) is 3.46. The molecule has 0 fully saturated rings. The van der Waals surface area contributed by atoms with Gasteiger partial charge in [-0.25, -0.2) is 0 Å². The average molecular weight is 355 g/mol. The van der Waals surface area contributed by atoms with Crippen molar-refractivity contribution in [2.24, 2.45) is 0 Å². The Bertz CT molecular complexity index is 759. The molecule has 6 nitrogen and oxygen atoms in total. The van der Waals surface area contributed by atoms with Gasteiger partial charge in [-0.15, -0.1) is 0 Å². The largest absolute Gasteiger partial charge is 0.493 e. The van der Waals surface area contributed by atoms with Crippen molar-refractivity contribution in [1.29, 1.82) is 0 Å². The molecule has 0 spiro atoms. The number of amides is 2. The van der Waals surface area contributed by atoms with E-state index < -0.39 is 0 Å². The van der Waals surface area contributed by atoms with Gasteiger partial charge >= 0.3 is 0 Å². The van der Waals surface area contributed by atoms with Crippen LogP contribution in [0.25, 0.3) is 0 Å². The van der Waals surface area contributed by atoms with Gasteiger partial charge in [0.15, 0.2) is 0 Å². The number of benzene rings is 2. The van der Waals surface area contributed by atoms with E-state index >= 15 is 0 Å². The maximum Gasteiger partial charge on any atom is 0.259 e. The van der Waals surface area contributed by atoms with Gasteiger partial charge in [-0.3, -0.25) is 9.59 Å². The Hall–Kier alpha value is -2.86. The Morgan fingerprint density at radius 1 is 1.00 bits per heavy atom. The van der Waals surface area contributed by atoms with Crippen molar-refractivity contribution in [3.8, 4) is 5.75 Å². The van der Waals surface area contributed by atoms with Crippen molar-refractivity contribution in [3.63, 3.8) is 0 Å². The number of hydrogen-bond acceptors (Lipinski definition) is 4. The lowest BCUT2D eigenvalue weighted by atomic mass is 10.1. The van der Waals surface area contributed by atoms with Crippen LogP contribution in [-0.2, 0) is 4.79 Å². The minimum Gasteiger partial charge on any atom is -0.493 e. The van der Waals surface area contributed by atoms with Gasteiger partial charge in [-0.2, -0.15) is 0 Å². The van der Waals surface area contributed by atoms with Gasteiger partial charge < -0.3 is 20.3 Å². The van der Waals surface area contributed by atoms with Crippen LogP contribution >= 0.6 is 0 Å². The van der Waals surface area contributed by atoms with E-state index in [2.05, 4.69) is 10.6 Å². The lowest BCUT2D eigenvalue weighted by Crippen LogP contribution is -2.27. The van der Waals surface area contributed by atoms with Gasteiger partial charge in [0.05, 0.1) is 18.7 Å². The summed E-state index contributed by atoms with van der Waals surface area (Å²) in [6.07, 6.45) is 0.866. The number of anilines is 2. The van der Waals surface area contributed by atoms with E-state index in [4.69, 9.17) is 4.74 Å². The molecule has 0 aliphatic carbocycles. The highest BCUT2D eigenvalue weighted by Gasteiger charge is 2.13. The summed E-state index contributed by atoms with van der Waals surface area (Å²) in [6.45, 7) is 2.86. The van der Waals surface area contributed by atoms with Gasteiger partial charge in [-0.1, -0.05) is 25.1 Å². The molecule has 6 heteroatoms. The maximum atomic E-state index is 12.6. The molecule has 0 aromatic heterocycles. The van der Waals surface area contributed by atoms with Crippen LogP contribution in [0, 0.1) is 0 Å². The predicted octanol–water partition coefficient (Wildman–Crippen LogP) is 3.23. The fourth-order valence-corrected chi connectivity index (χ4v) is 2.35. The van der Waals surface area contributed by atoms with Crippen LogP contribution in [0.2, 0.25) is 0 Å². The molecule has 2 aromatic carbocycles. The first-order valence-electron chi connectivity index (χ1n) is 8.57. The van der Waals surface area contributed by atoms with E-state index in [0.29, 0.717) is 35.8 Å². The van der Waals surface area contributed by atoms with Crippen molar-refractivity contribution in [2.75, 3.05) is 37.9 Å². The topological polar surface area (TPSA) is 70.7 Å². The van der Waals surface area contributed by atoms with E-state index in [-0.39, 0.29) is 11.8 Å². The average Bonchev–Trinajstić information content (AvgIpc) is 2.59. The Morgan fingerprint density at radius 3 is 2.38 bits per heavy atom. The summed E-state index contributed by atoms with van der Waals surface area (Å²) in [7, 11) is 3.66. The fraction of sp³-hybridized carbons (Fsp3) is 0.300. The highest BCUT2D eigenvalue weighted by atomic mass is 16.5. The zero-order valence-corrected chi connectivity index (χ0v) is 15.4. The second-order valence-electron chi connectivity index (χ2n) is 6.17. The number of para-hydroxylation sites is 1. The molecule has 0 saturated heterocycles. The molecular formula is C20H25N3O3. The fourth-order valence-electron chi connectivity index (χ4n) is 2.35. The number of nitrogens with zero attached hydrogens (tertiary/aromatic N) is 1. The van der Waals surface area contributed by atoms with Crippen LogP contribution in [0.1, 0.15) is 23.7 Å². The summed E-state index contributed by atoms with van der Waals surface area (Å²) in [6, 6.07) is 14.2. The molecular weight excluding hydrogens is 330 g/mol. The van der Waals surface area contributed by atoms with Crippen LogP contribution in [0.15, 0.2) is 48.5 Å². The van der Waals surface area contributed by atoms with Crippen molar-refractivity contribution in [2.45, 2.75) is 13.3 Å². The molecule has 0 heterocycles. The summed E-state index contributed by atoms with van der Waals surface area (Å²) in [5.41, 5.74) is 1.70. The number of likely N-dealkylation sites (N-methyl/N-ethyl adjacent to an activating group) is 1. The molecule has 0 aliphatic rings. The molecule has 138 valence electrons. The van der Waals surface area contributed by atoms with Crippen molar-refractivity contribution in [3.05, 3.63) is 54.1 Å². The van der Waals surface area contributed by atoms with Gasteiger partial charge in [0.2, 0.25) is 5.91 Å². The van der Waals surface area contributed by atoms with Gasteiger partial charge in [0, 0.05) is 11.4 Å². The van der Waals surface area contributed by atoms with Crippen molar-refractivity contribution in [1.82, 2.24) is 4.90 Å². The number of hydrogen-bond donors (Lipinski definition) is 2. The van der Waals surface area contributed by atoms with Crippen molar-refractivity contribution < 1.29 is 14.3 Å². The Balaban J connectivity index is 2.08. The lowest BCUT2D eigenvalue weighted by Gasteiger charge is -2.13. The molecule has 0 bridgehead atoms. The summed E-state index contributed by atoms with van der Waals surface area (Å²) < 4.78 is 5.64. The van der Waals surface area contributed by atoms with E-state index in [0.717, 1.165) is 6.42 Å². The lowest BCUT2D eigenvalue weighted by molar-refractivity contribution is -0.116. The first-order valence-corrected chi connectivity index (χ1v) is 8.57. The number of carbonyl (C=O) groups is 2. The maximum absolute atomic E-state index is 12.6. The summed E-state index contributed by atoms with van der Waals surface area (Å²) in [5.74, 6) is 0.188. The van der Waals surface area contributed by atoms with Gasteiger partial charge in [0.1, 0.15) is 5.75 Å². The third kappa shape index (κ3) is 5.89. The molecule has 2 rings (SSSR count). The monoisotopic (exact) mass is 355 g/mol. The second-order valence-corrected chi connectivity index (χ2v) is 6.17. The van der Waals surface area contributed by atoms with Crippen LogP contribution in [-0.4, -0.2) is 44.0 Å². The Kier molecular flexibility index (Phi) is 7.17. The first kappa shape index (κ1) is 19.5. The minimum atomic E-state index is -0.256. The second kappa shape index (κ2) is 9.58.